The summed E-state index contributed by atoms with van der Waals surface area (Å²) >= 11 is 0. The fraction of sp³-hybridized carbons (Fsp3) is 0.333. The molecule has 2 aromatic rings. The lowest BCUT2D eigenvalue weighted by Crippen LogP contribution is -2.34. The molecule has 0 unspecified atom stereocenters. The third kappa shape index (κ3) is 3.14. The number of carbonyl (C=O) groups is 1. The van der Waals surface area contributed by atoms with Gasteiger partial charge in [-0.15, -0.1) is 0 Å². The number of carbonyl (C=O) groups excluding carboxylic acids is 1. The van der Waals surface area contributed by atoms with Crippen LogP contribution in [0.5, 0.6) is 0 Å². The smallest absolute Gasteiger partial charge is 0.251 e. The Labute approximate surface area is 109 Å². The number of pyridine rings is 1. The van der Waals surface area contributed by atoms with E-state index in [0.717, 1.165) is 5.56 Å². The predicted molar refractivity (Wildman–Crippen MR) is 65.7 cm³/mol. The van der Waals surface area contributed by atoms with Crippen molar-refractivity contribution in [3.63, 3.8) is 0 Å². The van der Waals surface area contributed by atoms with Gasteiger partial charge in [-0.1, -0.05) is 5.16 Å². The molecule has 1 N–H and O–H groups in total. The van der Waals surface area contributed by atoms with E-state index in [0.29, 0.717) is 11.7 Å². The van der Waals surface area contributed by atoms with Gasteiger partial charge in [0, 0.05) is 25.0 Å². The lowest BCUT2D eigenvalue weighted by molar-refractivity contribution is -0.138. The molecule has 0 fully saturated rings. The Bertz CT molecular complexity index is 553. The Morgan fingerprint density at radius 3 is 2.79 bits per heavy atom. The summed E-state index contributed by atoms with van der Waals surface area (Å²) in [5.41, 5.74) is 0.787. The Morgan fingerprint density at radius 2 is 2.16 bits per heavy atom. The molecule has 1 atom stereocenters. The van der Waals surface area contributed by atoms with Crippen molar-refractivity contribution < 1.29 is 14.4 Å². The summed E-state index contributed by atoms with van der Waals surface area (Å²) in [7, 11) is 1.56. The second-order valence-electron chi connectivity index (χ2n) is 4.12. The first-order valence-electron chi connectivity index (χ1n) is 5.74. The van der Waals surface area contributed by atoms with Gasteiger partial charge in [0.15, 0.2) is 0 Å². The molecule has 0 aliphatic rings. The predicted octanol–water partition coefficient (Wildman–Crippen LogP) is 0.471. The van der Waals surface area contributed by atoms with Crippen LogP contribution in [0.2, 0.25) is 0 Å². The van der Waals surface area contributed by atoms with Crippen LogP contribution in [-0.4, -0.2) is 44.2 Å². The second-order valence-corrected chi connectivity index (χ2v) is 4.12. The molecule has 0 bridgehead atoms. The second kappa shape index (κ2) is 5.57. The molecular formula is C12H14N4O3. The van der Waals surface area contributed by atoms with Gasteiger partial charge in [0.25, 0.3) is 5.91 Å². The van der Waals surface area contributed by atoms with Crippen molar-refractivity contribution in [2.24, 2.45) is 0 Å². The van der Waals surface area contributed by atoms with Crippen LogP contribution in [0.3, 0.4) is 0 Å². The standard InChI is InChI=1S/C12H14N4O3/c1-8(17)12(18)16(2)7-10-14-11(15-19-10)9-3-5-13-6-4-9/h3-6,8,17H,7H2,1-2H3/t8-/m0/s1. The van der Waals surface area contributed by atoms with Crippen molar-refractivity contribution in [2.75, 3.05) is 7.05 Å². The van der Waals surface area contributed by atoms with Crippen molar-refractivity contribution in [1.29, 1.82) is 0 Å². The number of aliphatic hydroxyl groups is 1. The summed E-state index contributed by atoms with van der Waals surface area (Å²) < 4.78 is 5.06. The van der Waals surface area contributed by atoms with Gasteiger partial charge in [-0.3, -0.25) is 9.78 Å². The van der Waals surface area contributed by atoms with Crippen LogP contribution in [-0.2, 0) is 11.3 Å². The molecule has 0 saturated carbocycles. The molecule has 1 amide bonds. The van der Waals surface area contributed by atoms with Crippen LogP contribution in [0.15, 0.2) is 29.0 Å². The van der Waals surface area contributed by atoms with Crippen molar-refractivity contribution in [3.05, 3.63) is 30.4 Å². The zero-order valence-electron chi connectivity index (χ0n) is 10.6. The Balaban J connectivity index is 2.08. The van der Waals surface area contributed by atoms with Crippen LogP contribution >= 0.6 is 0 Å². The number of likely N-dealkylation sites (N-methyl/N-ethyl adjacent to an activating group) is 1. The molecule has 19 heavy (non-hydrogen) atoms. The Hall–Kier alpha value is -2.28. The monoisotopic (exact) mass is 262 g/mol. The summed E-state index contributed by atoms with van der Waals surface area (Å²) in [5.74, 6) is 0.349. The van der Waals surface area contributed by atoms with Gasteiger partial charge in [0.05, 0.1) is 6.54 Å². The number of amides is 1. The molecule has 0 radical (unpaired) electrons. The van der Waals surface area contributed by atoms with Gasteiger partial charge in [-0.2, -0.15) is 4.98 Å². The van der Waals surface area contributed by atoms with Crippen LogP contribution in [0.1, 0.15) is 12.8 Å². The number of hydrogen-bond donors (Lipinski definition) is 1. The molecule has 7 heteroatoms. The van der Waals surface area contributed by atoms with E-state index in [1.165, 1.54) is 11.8 Å². The van der Waals surface area contributed by atoms with E-state index in [9.17, 15) is 9.90 Å². The molecule has 0 aliphatic carbocycles. The number of aliphatic hydroxyl groups excluding tert-OH is 1. The van der Waals surface area contributed by atoms with E-state index >= 15 is 0 Å². The molecule has 0 aromatic carbocycles. The zero-order chi connectivity index (χ0) is 13.8. The Morgan fingerprint density at radius 1 is 1.47 bits per heavy atom. The van der Waals surface area contributed by atoms with Crippen molar-refractivity contribution >= 4 is 5.91 Å². The fourth-order valence-corrected chi connectivity index (χ4v) is 1.54. The summed E-state index contributed by atoms with van der Waals surface area (Å²) in [6, 6.07) is 3.53. The number of aromatic nitrogens is 3. The molecule has 7 nitrogen and oxygen atoms in total. The lowest BCUT2D eigenvalue weighted by Gasteiger charge is -2.15. The maximum atomic E-state index is 11.5. The van der Waals surface area contributed by atoms with Crippen molar-refractivity contribution in [3.8, 4) is 11.4 Å². The summed E-state index contributed by atoms with van der Waals surface area (Å²) in [5, 5.41) is 13.0. The first-order valence-corrected chi connectivity index (χ1v) is 5.74. The molecule has 2 rings (SSSR count). The van der Waals surface area contributed by atoms with Crippen molar-refractivity contribution in [2.45, 2.75) is 19.6 Å². The van der Waals surface area contributed by atoms with Crippen LogP contribution in [0.25, 0.3) is 11.4 Å². The summed E-state index contributed by atoms with van der Waals surface area (Å²) in [6.07, 6.45) is 2.22. The number of rotatable bonds is 4. The first kappa shape index (κ1) is 13.2. The van der Waals surface area contributed by atoms with Gasteiger partial charge < -0.3 is 14.5 Å². The maximum absolute atomic E-state index is 11.5. The summed E-state index contributed by atoms with van der Waals surface area (Å²) in [4.78, 5) is 20.9. The minimum absolute atomic E-state index is 0.155. The third-order valence-electron chi connectivity index (χ3n) is 2.51. The highest BCUT2D eigenvalue weighted by molar-refractivity contribution is 5.79. The molecule has 2 aromatic heterocycles. The molecule has 0 aliphatic heterocycles. The van der Waals surface area contributed by atoms with Crippen molar-refractivity contribution in [1.82, 2.24) is 20.0 Å². The highest BCUT2D eigenvalue weighted by atomic mass is 16.5. The maximum Gasteiger partial charge on any atom is 0.251 e. The minimum atomic E-state index is -1.05. The summed E-state index contributed by atoms with van der Waals surface area (Å²) in [6.45, 7) is 1.57. The van der Waals surface area contributed by atoms with Crippen LogP contribution in [0, 0.1) is 0 Å². The van der Waals surface area contributed by atoms with E-state index < -0.39 is 12.0 Å². The largest absolute Gasteiger partial charge is 0.384 e. The van der Waals surface area contributed by atoms with Gasteiger partial charge in [0.1, 0.15) is 6.10 Å². The van der Waals surface area contributed by atoms with Gasteiger partial charge in [-0.05, 0) is 19.1 Å². The molecular weight excluding hydrogens is 248 g/mol. The molecule has 100 valence electrons. The van der Waals surface area contributed by atoms with Gasteiger partial charge in [-0.25, -0.2) is 0 Å². The van der Waals surface area contributed by atoms with Gasteiger partial charge in [0.2, 0.25) is 11.7 Å². The quantitative estimate of drug-likeness (QED) is 0.861. The zero-order valence-corrected chi connectivity index (χ0v) is 10.6. The fourth-order valence-electron chi connectivity index (χ4n) is 1.54. The van der Waals surface area contributed by atoms with E-state index in [4.69, 9.17) is 4.52 Å². The van der Waals surface area contributed by atoms with E-state index in [1.807, 2.05) is 0 Å². The van der Waals surface area contributed by atoms with E-state index in [-0.39, 0.29) is 6.54 Å². The minimum Gasteiger partial charge on any atom is -0.384 e. The normalized spacial score (nSPS) is 12.2. The number of nitrogens with zero attached hydrogens (tertiary/aromatic N) is 4. The molecule has 2 heterocycles. The van der Waals surface area contributed by atoms with E-state index in [1.54, 1.807) is 31.6 Å². The molecule has 0 spiro atoms. The highest BCUT2D eigenvalue weighted by Crippen LogP contribution is 2.14. The average Bonchev–Trinajstić information content (AvgIpc) is 2.87. The average molecular weight is 262 g/mol. The lowest BCUT2D eigenvalue weighted by atomic mass is 10.2. The third-order valence-corrected chi connectivity index (χ3v) is 2.51. The number of hydrogen-bond acceptors (Lipinski definition) is 6. The topological polar surface area (TPSA) is 92.3 Å². The van der Waals surface area contributed by atoms with E-state index in [2.05, 4.69) is 15.1 Å². The SMILES string of the molecule is C[C@H](O)C(=O)N(C)Cc1nc(-c2ccncc2)no1. The van der Waals surface area contributed by atoms with Crippen LogP contribution in [0.4, 0.5) is 0 Å². The van der Waals surface area contributed by atoms with Crippen LogP contribution < -0.4 is 0 Å². The molecule has 0 saturated heterocycles. The Kier molecular flexibility index (Phi) is 3.86. The van der Waals surface area contributed by atoms with Gasteiger partial charge >= 0.3 is 0 Å². The first-order chi connectivity index (χ1) is 9.08. The highest BCUT2D eigenvalue weighted by Gasteiger charge is 2.17.